The molecule has 0 spiro atoms. The molecule has 3 atom stereocenters. The highest BCUT2D eigenvalue weighted by molar-refractivity contribution is 5.81. The molecule has 0 amide bonds. The lowest BCUT2D eigenvalue weighted by Crippen LogP contribution is -2.75. The highest BCUT2D eigenvalue weighted by atomic mass is 19.3. The van der Waals surface area contributed by atoms with Crippen molar-refractivity contribution >= 4 is 5.97 Å². The van der Waals surface area contributed by atoms with E-state index in [-0.39, 0.29) is 6.08 Å². The SMILES string of the molecule is C=CC(=O)OC1(F)CC(F)(F)C(F)(F)C(F)(CF)C(F)(F)C(F)(CF)C1. The number of carbonyl (C=O) groups is 1. The van der Waals surface area contributed by atoms with Crippen molar-refractivity contribution in [2.75, 3.05) is 13.3 Å². The van der Waals surface area contributed by atoms with Crippen LogP contribution in [0, 0.1) is 0 Å². The number of ether oxygens (including phenoxy) is 1. The maximum Gasteiger partial charge on any atom is 0.352 e. The van der Waals surface area contributed by atoms with Crippen LogP contribution in [0.4, 0.5) is 48.3 Å². The minimum absolute atomic E-state index is 0.0882. The van der Waals surface area contributed by atoms with Gasteiger partial charge in [-0.1, -0.05) is 6.58 Å². The van der Waals surface area contributed by atoms with Crippen LogP contribution in [0.1, 0.15) is 12.8 Å². The highest BCUT2D eigenvalue weighted by Crippen LogP contribution is 2.61. The quantitative estimate of drug-likeness (QED) is 0.391. The molecule has 3 unspecified atom stereocenters. The van der Waals surface area contributed by atoms with Crippen LogP contribution in [0.3, 0.4) is 0 Å². The zero-order valence-corrected chi connectivity index (χ0v) is 12.6. The molecule has 0 aliphatic heterocycles. The molecular weight excluding hydrogens is 397 g/mol. The Balaban J connectivity index is 3.73. The second kappa shape index (κ2) is 6.25. The van der Waals surface area contributed by atoms with Crippen LogP contribution in [0.2, 0.25) is 0 Å². The molecule has 0 bridgehead atoms. The summed E-state index contributed by atoms with van der Waals surface area (Å²) in [7, 11) is 0. The Hall–Kier alpha value is -1.56. The zero-order valence-electron chi connectivity index (χ0n) is 12.6. The molecule has 0 aromatic rings. The van der Waals surface area contributed by atoms with Crippen molar-refractivity contribution in [1.29, 1.82) is 0 Å². The minimum Gasteiger partial charge on any atom is -0.425 e. The van der Waals surface area contributed by atoms with E-state index in [9.17, 15) is 53.1 Å². The van der Waals surface area contributed by atoms with Crippen LogP contribution in [0.25, 0.3) is 0 Å². The Kier molecular flexibility index (Phi) is 5.41. The molecule has 152 valence electrons. The first-order chi connectivity index (χ1) is 11.5. The molecule has 1 aliphatic carbocycles. The lowest BCUT2D eigenvalue weighted by Gasteiger charge is -2.49. The summed E-state index contributed by atoms with van der Waals surface area (Å²) in [4.78, 5) is 10.9. The van der Waals surface area contributed by atoms with Gasteiger partial charge in [-0.05, 0) is 0 Å². The first kappa shape index (κ1) is 22.5. The van der Waals surface area contributed by atoms with Gasteiger partial charge in [-0.3, -0.25) is 0 Å². The van der Waals surface area contributed by atoms with E-state index in [1.165, 1.54) is 0 Å². The number of halogens is 11. The fourth-order valence-electron chi connectivity index (χ4n) is 2.47. The Morgan fingerprint density at radius 3 is 1.77 bits per heavy atom. The van der Waals surface area contributed by atoms with Crippen molar-refractivity contribution in [3.8, 4) is 0 Å². The van der Waals surface area contributed by atoms with Gasteiger partial charge in [-0.2, -0.15) is 30.7 Å². The molecule has 13 heteroatoms. The van der Waals surface area contributed by atoms with E-state index in [1.54, 1.807) is 0 Å². The van der Waals surface area contributed by atoms with Crippen molar-refractivity contribution in [2.24, 2.45) is 0 Å². The first-order valence-corrected chi connectivity index (χ1v) is 6.67. The number of rotatable bonds is 4. The van der Waals surface area contributed by atoms with Crippen LogP contribution in [-0.2, 0) is 9.53 Å². The minimum atomic E-state index is -6.71. The summed E-state index contributed by atoms with van der Waals surface area (Å²) >= 11 is 0. The zero-order chi connectivity index (χ0) is 20.8. The molecule has 26 heavy (non-hydrogen) atoms. The lowest BCUT2D eigenvalue weighted by molar-refractivity contribution is -0.379. The molecular formula is C13H11F11O2. The number of alkyl halides is 11. The molecule has 0 radical (unpaired) electrons. The van der Waals surface area contributed by atoms with Crippen molar-refractivity contribution < 1.29 is 57.8 Å². The van der Waals surface area contributed by atoms with Crippen LogP contribution in [-0.4, -0.2) is 54.3 Å². The maximum absolute atomic E-state index is 14.4. The van der Waals surface area contributed by atoms with Crippen LogP contribution >= 0.6 is 0 Å². The van der Waals surface area contributed by atoms with Crippen LogP contribution < -0.4 is 0 Å². The molecule has 1 saturated carbocycles. The van der Waals surface area contributed by atoms with E-state index in [2.05, 4.69) is 11.3 Å². The van der Waals surface area contributed by atoms with Gasteiger partial charge >= 0.3 is 23.7 Å². The molecule has 1 fully saturated rings. The summed E-state index contributed by atoms with van der Waals surface area (Å²) in [5, 5.41) is 0. The third-order valence-corrected chi connectivity index (χ3v) is 3.89. The predicted molar refractivity (Wildman–Crippen MR) is 63.8 cm³/mol. The van der Waals surface area contributed by atoms with Crippen molar-refractivity contribution in [3.63, 3.8) is 0 Å². The summed E-state index contributed by atoms with van der Waals surface area (Å²) in [5.74, 6) is -25.8. The summed E-state index contributed by atoms with van der Waals surface area (Å²) in [6.07, 6.45) is -5.76. The first-order valence-electron chi connectivity index (χ1n) is 6.67. The van der Waals surface area contributed by atoms with Crippen molar-refractivity contribution in [3.05, 3.63) is 12.7 Å². The molecule has 0 heterocycles. The maximum atomic E-state index is 14.4. The molecule has 1 aliphatic rings. The van der Waals surface area contributed by atoms with Crippen LogP contribution in [0.5, 0.6) is 0 Å². The van der Waals surface area contributed by atoms with Crippen LogP contribution in [0.15, 0.2) is 12.7 Å². The smallest absolute Gasteiger partial charge is 0.352 e. The van der Waals surface area contributed by atoms with Gasteiger partial charge < -0.3 is 4.74 Å². The van der Waals surface area contributed by atoms with E-state index in [4.69, 9.17) is 0 Å². The number of hydrogen-bond acceptors (Lipinski definition) is 2. The normalized spacial score (nSPS) is 38.7. The van der Waals surface area contributed by atoms with E-state index in [0.717, 1.165) is 0 Å². The Morgan fingerprint density at radius 2 is 1.38 bits per heavy atom. The second-order valence-electron chi connectivity index (χ2n) is 5.75. The largest absolute Gasteiger partial charge is 0.425 e. The van der Waals surface area contributed by atoms with E-state index in [1.807, 2.05) is 0 Å². The summed E-state index contributed by atoms with van der Waals surface area (Å²) in [5.41, 5.74) is -11.5. The molecule has 0 aromatic carbocycles. The topological polar surface area (TPSA) is 26.3 Å². The summed E-state index contributed by atoms with van der Waals surface area (Å²) in [6.45, 7) is -3.94. The summed E-state index contributed by atoms with van der Waals surface area (Å²) in [6, 6.07) is 0. The van der Waals surface area contributed by atoms with Gasteiger partial charge in [-0.25, -0.2) is 22.4 Å². The van der Waals surface area contributed by atoms with Gasteiger partial charge in [0.2, 0.25) is 5.67 Å². The van der Waals surface area contributed by atoms with Gasteiger partial charge in [0.25, 0.3) is 11.5 Å². The van der Waals surface area contributed by atoms with Gasteiger partial charge in [0.05, 0.1) is 12.8 Å². The van der Waals surface area contributed by atoms with Gasteiger partial charge in [0, 0.05) is 6.08 Å². The molecule has 1 rings (SSSR count). The Bertz CT molecular complexity index is 580. The van der Waals surface area contributed by atoms with E-state index >= 15 is 0 Å². The van der Waals surface area contributed by atoms with Crippen molar-refractivity contribution in [1.82, 2.24) is 0 Å². The number of carbonyl (C=O) groups excluding carboxylic acids is 1. The third kappa shape index (κ3) is 2.92. The standard InChI is InChI=1S/C13H11F11O2/c1-2-7(25)26-9(17)3-8(16,5-14)12(21,22)10(18,6-15)13(23,24)11(19,20)4-9/h2H,1,3-6H2. The lowest BCUT2D eigenvalue weighted by atomic mass is 9.72. The van der Waals surface area contributed by atoms with Gasteiger partial charge in [-0.15, -0.1) is 0 Å². The Morgan fingerprint density at radius 1 is 0.885 bits per heavy atom. The number of esters is 1. The van der Waals surface area contributed by atoms with Gasteiger partial charge in [0.1, 0.15) is 13.3 Å². The summed E-state index contributed by atoms with van der Waals surface area (Å²) < 4.78 is 155. The van der Waals surface area contributed by atoms with Gasteiger partial charge in [0.15, 0.2) is 0 Å². The van der Waals surface area contributed by atoms with E-state index < -0.39 is 67.1 Å². The number of hydrogen-bond donors (Lipinski definition) is 0. The monoisotopic (exact) mass is 408 g/mol. The molecule has 0 aromatic heterocycles. The third-order valence-electron chi connectivity index (χ3n) is 3.89. The highest BCUT2D eigenvalue weighted by Gasteiger charge is 2.86. The average molecular weight is 408 g/mol. The fourth-order valence-corrected chi connectivity index (χ4v) is 2.47. The molecule has 2 nitrogen and oxygen atoms in total. The second-order valence-corrected chi connectivity index (χ2v) is 5.75. The molecule has 0 saturated heterocycles. The average Bonchev–Trinajstić information content (AvgIpc) is 2.51. The Labute approximate surface area is 139 Å². The van der Waals surface area contributed by atoms with E-state index in [0.29, 0.717) is 0 Å². The van der Waals surface area contributed by atoms with Crippen molar-refractivity contribution in [2.45, 2.75) is 47.8 Å². The molecule has 0 N–H and O–H groups in total. The predicted octanol–water partition coefficient (Wildman–Crippen LogP) is 4.44. The fraction of sp³-hybridized carbons (Fsp3) is 0.769.